The summed E-state index contributed by atoms with van der Waals surface area (Å²) in [5.74, 6) is 4.04. The third-order valence-electron chi connectivity index (χ3n) is 5.44. The fraction of sp³-hybridized carbons (Fsp3) is 0.826. The number of carbonyl (C=O) groups is 3. The minimum atomic E-state index is -1.09. The SMILES string of the molecule is CC(=O)CC[C@H](NC(=O)CCCCCCCCCCCCCCCC(=[NH2+])N=NN)C(=O)O. The zero-order chi connectivity index (χ0) is 24.0. The summed E-state index contributed by atoms with van der Waals surface area (Å²) in [6, 6.07) is -0.975. The minimum absolute atomic E-state index is 0.0748. The van der Waals surface area contributed by atoms with Crippen molar-refractivity contribution in [1.82, 2.24) is 5.32 Å². The molecule has 1 amide bonds. The number of amidine groups is 1. The van der Waals surface area contributed by atoms with Crippen molar-refractivity contribution in [3.8, 4) is 0 Å². The van der Waals surface area contributed by atoms with Gasteiger partial charge in [-0.05, 0) is 26.2 Å². The van der Waals surface area contributed by atoms with Crippen LogP contribution in [0.4, 0.5) is 0 Å². The van der Waals surface area contributed by atoms with Crippen molar-refractivity contribution < 1.29 is 24.9 Å². The summed E-state index contributed by atoms with van der Waals surface area (Å²) in [7, 11) is 0. The van der Waals surface area contributed by atoms with Gasteiger partial charge in [0.15, 0.2) is 0 Å². The van der Waals surface area contributed by atoms with Gasteiger partial charge < -0.3 is 15.2 Å². The Morgan fingerprint density at radius 1 is 0.812 bits per heavy atom. The van der Waals surface area contributed by atoms with Crippen molar-refractivity contribution in [2.75, 3.05) is 0 Å². The number of nitrogens with two attached hydrogens (primary N) is 2. The van der Waals surface area contributed by atoms with Gasteiger partial charge in [-0.3, -0.25) is 16.0 Å². The fourth-order valence-corrected chi connectivity index (χ4v) is 3.53. The van der Waals surface area contributed by atoms with Gasteiger partial charge in [-0.1, -0.05) is 70.6 Å². The molecule has 0 bridgehead atoms. The second kappa shape index (κ2) is 20.6. The van der Waals surface area contributed by atoms with Crippen LogP contribution in [0.3, 0.4) is 0 Å². The molecule has 0 fully saturated rings. The summed E-state index contributed by atoms with van der Waals surface area (Å²) in [5.41, 5.74) is 0. The highest BCUT2D eigenvalue weighted by Gasteiger charge is 2.19. The number of Topliss-reactive ketones (excluding diaryl/α,β-unsaturated/α-hetero) is 1. The Morgan fingerprint density at radius 3 is 1.66 bits per heavy atom. The maximum atomic E-state index is 11.9. The van der Waals surface area contributed by atoms with Gasteiger partial charge in [-0.25, -0.2) is 4.79 Å². The maximum Gasteiger partial charge on any atom is 0.326 e. The quantitative estimate of drug-likeness (QED) is 0.0522. The van der Waals surface area contributed by atoms with Gasteiger partial charge in [0.1, 0.15) is 11.8 Å². The largest absolute Gasteiger partial charge is 0.480 e. The molecule has 184 valence electrons. The van der Waals surface area contributed by atoms with E-state index in [0.717, 1.165) is 38.5 Å². The second-order valence-corrected chi connectivity index (χ2v) is 8.50. The van der Waals surface area contributed by atoms with E-state index in [0.29, 0.717) is 12.3 Å². The van der Waals surface area contributed by atoms with E-state index in [1.54, 1.807) is 0 Å². The second-order valence-electron chi connectivity index (χ2n) is 8.50. The summed E-state index contributed by atoms with van der Waals surface area (Å²) >= 11 is 0. The molecule has 0 aliphatic carbocycles. The topological polar surface area (TPSA) is 160 Å². The van der Waals surface area contributed by atoms with Crippen molar-refractivity contribution in [2.45, 2.75) is 122 Å². The van der Waals surface area contributed by atoms with Gasteiger partial charge in [0.05, 0.1) is 11.5 Å². The summed E-state index contributed by atoms with van der Waals surface area (Å²) in [6.07, 6.45) is 16.4. The Balaban J connectivity index is 3.46. The zero-order valence-electron chi connectivity index (χ0n) is 19.8. The van der Waals surface area contributed by atoms with Crippen molar-refractivity contribution in [3.05, 3.63) is 0 Å². The van der Waals surface area contributed by atoms with E-state index < -0.39 is 12.0 Å². The van der Waals surface area contributed by atoms with Crippen molar-refractivity contribution in [3.63, 3.8) is 0 Å². The van der Waals surface area contributed by atoms with Gasteiger partial charge in [0.2, 0.25) is 5.91 Å². The normalized spacial score (nSPS) is 12.0. The molecule has 0 spiro atoms. The molecule has 0 aromatic rings. The lowest BCUT2D eigenvalue weighted by molar-refractivity contribution is -0.142. The van der Waals surface area contributed by atoms with Crippen LogP contribution in [0.25, 0.3) is 0 Å². The molecule has 0 heterocycles. The molecular formula is C23H44N5O4+. The first-order valence-corrected chi connectivity index (χ1v) is 12.1. The molecule has 6 N–H and O–H groups in total. The van der Waals surface area contributed by atoms with Crippen LogP contribution in [-0.2, 0) is 14.4 Å². The van der Waals surface area contributed by atoms with E-state index >= 15 is 0 Å². The predicted molar refractivity (Wildman–Crippen MR) is 125 cm³/mol. The van der Waals surface area contributed by atoms with Crippen LogP contribution in [0.5, 0.6) is 0 Å². The molecule has 0 radical (unpaired) electrons. The maximum absolute atomic E-state index is 11.9. The Bertz CT molecular complexity index is 581. The fourth-order valence-electron chi connectivity index (χ4n) is 3.53. The molecule has 0 aromatic heterocycles. The molecule has 0 unspecified atom stereocenters. The van der Waals surface area contributed by atoms with E-state index in [9.17, 15) is 14.4 Å². The number of carboxylic acid groups (broad SMARTS) is 1. The third kappa shape index (κ3) is 19.6. The number of amides is 1. The first-order chi connectivity index (χ1) is 15.4. The van der Waals surface area contributed by atoms with E-state index in [4.69, 9.17) is 16.4 Å². The van der Waals surface area contributed by atoms with E-state index in [-0.39, 0.29) is 24.5 Å². The Hall–Kier alpha value is -2.32. The lowest BCUT2D eigenvalue weighted by Crippen LogP contribution is -2.40. The molecule has 0 aromatic carbocycles. The van der Waals surface area contributed by atoms with Crippen LogP contribution >= 0.6 is 0 Å². The molecule has 1 atom stereocenters. The van der Waals surface area contributed by atoms with Crippen molar-refractivity contribution >= 4 is 23.5 Å². The van der Waals surface area contributed by atoms with Gasteiger partial charge in [0, 0.05) is 18.1 Å². The number of ketones is 1. The predicted octanol–water partition coefficient (Wildman–Crippen LogP) is 3.26. The molecule has 0 saturated carbocycles. The number of nitrogens with one attached hydrogen (secondary N) is 1. The first-order valence-electron chi connectivity index (χ1n) is 12.1. The Kier molecular flexibility index (Phi) is 19.1. The number of rotatable bonds is 21. The van der Waals surface area contributed by atoms with Crippen molar-refractivity contribution in [1.29, 1.82) is 0 Å². The number of hydrogen-bond donors (Lipinski definition) is 4. The summed E-state index contributed by atoms with van der Waals surface area (Å²) < 4.78 is 0. The van der Waals surface area contributed by atoms with Crippen LogP contribution in [-0.4, -0.2) is 34.6 Å². The van der Waals surface area contributed by atoms with Crippen LogP contribution in [0, 0.1) is 0 Å². The highest BCUT2D eigenvalue weighted by molar-refractivity contribution is 5.84. The van der Waals surface area contributed by atoms with Gasteiger partial charge >= 0.3 is 11.8 Å². The van der Waals surface area contributed by atoms with E-state index in [2.05, 4.69) is 15.7 Å². The summed E-state index contributed by atoms with van der Waals surface area (Å²) in [4.78, 5) is 34.0. The van der Waals surface area contributed by atoms with E-state index in [1.807, 2.05) is 0 Å². The lowest BCUT2D eigenvalue weighted by atomic mass is 10.0. The third-order valence-corrected chi connectivity index (χ3v) is 5.44. The Labute approximate surface area is 192 Å². The summed E-state index contributed by atoms with van der Waals surface area (Å²) in [5, 5.41) is 24.0. The molecule has 9 nitrogen and oxygen atoms in total. The number of carboxylic acids is 1. The van der Waals surface area contributed by atoms with Crippen molar-refractivity contribution in [2.24, 2.45) is 16.2 Å². The number of aliphatic carboxylic acids is 1. The Morgan fingerprint density at radius 2 is 1.25 bits per heavy atom. The van der Waals surface area contributed by atoms with Gasteiger partial charge in [-0.2, -0.15) is 0 Å². The number of unbranched alkanes of at least 4 members (excludes halogenated alkanes) is 12. The highest BCUT2D eigenvalue weighted by Crippen LogP contribution is 2.13. The average Bonchev–Trinajstić information content (AvgIpc) is 2.73. The molecule has 32 heavy (non-hydrogen) atoms. The molecule has 0 aliphatic rings. The lowest BCUT2D eigenvalue weighted by Gasteiger charge is -2.13. The first kappa shape index (κ1) is 29.7. The molecule has 9 heteroatoms. The van der Waals surface area contributed by atoms with Crippen LogP contribution in [0.1, 0.15) is 116 Å². The van der Waals surface area contributed by atoms with E-state index in [1.165, 1.54) is 58.3 Å². The number of nitrogens with zero attached hydrogens (tertiary/aromatic N) is 2. The minimum Gasteiger partial charge on any atom is -0.480 e. The smallest absolute Gasteiger partial charge is 0.326 e. The zero-order valence-corrected chi connectivity index (χ0v) is 19.8. The molecule has 0 aliphatic heterocycles. The summed E-state index contributed by atoms with van der Waals surface area (Å²) in [6.45, 7) is 1.42. The monoisotopic (exact) mass is 454 g/mol. The number of hydrogen-bond acceptors (Lipinski definition) is 4. The molecule has 0 rings (SSSR count). The van der Waals surface area contributed by atoms with Gasteiger partial charge in [0.25, 0.3) is 0 Å². The highest BCUT2D eigenvalue weighted by atomic mass is 16.4. The van der Waals surface area contributed by atoms with Crippen LogP contribution in [0.15, 0.2) is 10.3 Å². The number of carbonyl (C=O) groups excluding carboxylic acids is 2. The van der Waals surface area contributed by atoms with Crippen LogP contribution in [0.2, 0.25) is 0 Å². The van der Waals surface area contributed by atoms with Crippen LogP contribution < -0.4 is 16.6 Å². The standard InChI is InChI=1S/C23H43N5O4/c1-19(29)17-18-20(23(31)32)26-22(30)16-14-12-10-8-6-4-2-3-5-7-9-11-13-15-21(24)27-28-25/h20H,2-18H2,1H3,(H,26,30)(H,31,32)(H3,24,25,27)/p+1/t20-/m0/s1. The van der Waals surface area contributed by atoms with Gasteiger partial charge in [-0.15, -0.1) is 0 Å². The molecular weight excluding hydrogens is 410 g/mol. The molecule has 0 saturated heterocycles. The average molecular weight is 455 g/mol.